The number of carbonyl (C=O) groups excluding carboxylic acids is 2. The number of thiazole rings is 1. The summed E-state index contributed by atoms with van der Waals surface area (Å²) in [6.45, 7) is 12.1. The number of nitrogens with two attached hydrogens (primary N) is 1. The van der Waals surface area contributed by atoms with Crippen LogP contribution >= 0.6 is 11.3 Å². The Morgan fingerprint density at radius 1 is 0.899 bits per heavy atom. The zero-order valence-electron chi connectivity index (χ0n) is 45.0. The van der Waals surface area contributed by atoms with E-state index in [0.717, 1.165) is 89.0 Å². The number of likely N-dealkylation sites (tertiary alicyclic amines) is 2. The number of piperidine rings is 1. The summed E-state index contributed by atoms with van der Waals surface area (Å²) in [6, 6.07) is 16.4. The summed E-state index contributed by atoms with van der Waals surface area (Å²) in [5.41, 5.74) is 11.8. The van der Waals surface area contributed by atoms with Crippen LogP contribution in [-0.4, -0.2) is 133 Å². The van der Waals surface area contributed by atoms with Gasteiger partial charge in [0.15, 0.2) is 23.2 Å². The molecule has 4 aromatic heterocycles. The zero-order valence-corrected chi connectivity index (χ0v) is 45.8. The number of aliphatic hydroxyl groups excluding tert-OH is 1. The number of fused-ring (bicyclic) bond motifs is 2. The summed E-state index contributed by atoms with van der Waals surface area (Å²) in [4.78, 5) is 46.0. The second-order valence-electron chi connectivity index (χ2n) is 22.5. The number of anilines is 3. The van der Waals surface area contributed by atoms with Gasteiger partial charge in [0, 0.05) is 85.4 Å². The van der Waals surface area contributed by atoms with Gasteiger partial charge in [0.1, 0.15) is 23.8 Å². The van der Waals surface area contributed by atoms with Gasteiger partial charge in [-0.05, 0) is 125 Å². The number of nitrogens with one attached hydrogen (secondary N) is 1. The molecule has 11 rings (SSSR count). The molecule has 6 atom stereocenters. The molecule has 2 amide bonds. The Morgan fingerprint density at radius 3 is 2.41 bits per heavy atom. The van der Waals surface area contributed by atoms with Crippen LogP contribution < -0.4 is 30.3 Å². The topological polar surface area (TPSA) is 222 Å². The number of β-amino-alcohol motifs (C(OH)–C–C–N with tert-alkyl or cyclic N) is 1. The van der Waals surface area contributed by atoms with Crippen LogP contribution in [0, 0.1) is 36.3 Å². The Labute approximate surface area is 462 Å². The number of aryl methyl sites for hydroxylation is 1. The number of aliphatic hydroxyl groups is 1. The molecule has 21 heteroatoms. The van der Waals surface area contributed by atoms with E-state index in [-0.39, 0.29) is 47.7 Å². The molecule has 5 N–H and O–H groups in total. The van der Waals surface area contributed by atoms with E-state index in [4.69, 9.17) is 19.7 Å². The number of carbonyl (C=O) groups is 2. The Morgan fingerprint density at radius 2 is 1.67 bits per heavy atom. The molecule has 1 saturated carbocycles. The van der Waals surface area contributed by atoms with Crippen molar-refractivity contribution in [2.75, 3.05) is 61.4 Å². The molecule has 2 aromatic carbocycles. The van der Waals surface area contributed by atoms with Gasteiger partial charge in [-0.25, -0.2) is 18.7 Å². The fourth-order valence-corrected chi connectivity index (χ4v) is 13.4. The van der Waals surface area contributed by atoms with Crippen molar-refractivity contribution in [2.24, 2.45) is 17.8 Å². The lowest BCUT2D eigenvalue weighted by Crippen LogP contribution is -2.54. The molecule has 1 aliphatic carbocycles. The highest BCUT2D eigenvalue weighted by Gasteiger charge is 2.45. The summed E-state index contributed by atoms with van der Waals surface area (Å²) in [5, 5.41) is 36.6. The number of piperazine rings is 1. The Hall–Kier alpha value is -6.97. The number of hydrogen-bond donors (Lipinski definition) is 4. The largest absolute Gasteiger partial charge is 0.507 e. The number of halogens is 2. The highest BCUT2D eigenvalue weighted by Crippen LogP contribution is 2.42. The second kappa shape index (κ2) is 23.0. The van der Waals surface area contributed by atoms with Gasteiger partial charge < -0.3 is 54.9 Å². The van der Waals surface area contributed by atoms with Crippen LogP contribution in [0.4, 0.5) is 26.0 Å². The number of hydrogen-bond acceptors (Lipinski definition) is 17. The maximum Gasteiger partial charge on any atom is 0.254 e. The van der Waals surface area contributed by atoms with Crippen molar-refractivity contribution in [3.05, 3.63) is 101 Å². The molecule has 0 radical (unpaired) electrons. The number of nitrogens with zero attached hydrogens (tertiary/aromatic N) is 9. The second-order valence-corrected chi connectivity index (χ2v) is 23.4. The van der Waals surface area contributed by atoms with Crippen LogP contribution in [0.15, 0.2) is 76.9 Å². The van der Waals surface area contributed by atoms with Crippen LogP contribution in [0.5, 0.6) is 17.5 Å². The summed E-state index contributed by atoms with van der Waals surface area (Å²) >= 11 is 1.21. The summed E-state index contributed by atoms with van der Waals surface area (Å²) in [5.74, 6) is -1.31. The highest BCUT2D eigenvalue weighted by molar-refractivity contribution is 7.13. The zero-order chi connectivity index (χ0) is 55.1. The normalized spacial score (nSPS) is 23.2. The third-order valence-corrected chi connectivity index (χ3v) is 17.8. The van der Waals surface area contributed by atoms with Gasteiger partial charge >= 0.3 is 0 Å². The van der Waals surface area contributed by atoms with Crippen molar-refractivity contribution in [2.45, 2.75) is 121 Å². The van der Waals surface area contributed by atoms with Crippen molar-refractivity contribution in [3.8, 4) is 39.2 Å². The first-order valence-corrected chi connectivity index (χ1v) is 28.6. The number of para-hydroxylation sites is 1. The minimum absolute atomic E-state index is 0.0120. The maximum atomic E-state index is 15.4. The van der Waals surface area contributed by atoms with Crippen LogP contribution in [0.2, 0.25) is 0 Å². The van der Waals surface area contributed by atoms with Gasteiger partial charge in [-0.2, -0.15) is 0 Å². The van der Waals surface area contributed by atoms with E-state index in [1.165, 1.54) is 28.4 Å². The quantitative estimate of drug-likeness (QED) is 0.0636. The van der Waals surface area contributed by atoms with Crippen molar-refractivity contribution in [1.29, 1.82) is 0 Å². The van der Waals surface area contributed by atoms with Gasteiger partial charge in [-0.3, -0.25) is 9.59 Å². The molecule has 2 bridgehead atoms. The predicted molar refractivity (Wildman–Crippen MR) is 295 cm³/mol. The van der Waals surface area contributed by atoms with Crippen molar-refractivity contribution in [3.63, 3.8) is 0 Å². The SMILES string of the molecule is Cc1ncsc1-c1ccc([C@H](C)NC(=O)[C@@H]2C[C@@H](O)CN2C(=O)[C@H](c2cc(OCCC3CCN(CC4CC(Oc5cc(N6C7CCC6CN(c6cc(-c8ccccc8O)nnc6N)C7)ccn5)C4)CC3)no2)C(C)C)c(F)c1F. The number of phenols is 1. The molecule has 4 aliphatic heterocycles. The predicted octanol–water partition coefficient (Wildman–Crippen LogP) is 8.30. The number of aromatic nitrogens is 5. The van der Waals surface area contributed by atoms with Gasteiger partial charge in [0.2, 0.25) is 17.7 Å². The lowest BCUT2D eigenvalue weighted by atomic mass is 9.81. The average molecular weight is 1100 g/mol. The molecule has 418 valence electrons. The minimum Gasteiger partial charge on any atom is -0.507 e. The van der Waals surface area contributed by atoms with Gasteiger partial charge in [-0.1, -0.05) is 32.0 Å². The van der Waals surface area contributed by atoms with Gasteiger partial charge in [-0.15, -0.1) is 21.5 Å². The van der Waals surface area contributed by atoms with E-state index in [2.05, 4.69) is 57.5 Å². The molecule has 79 heavy (non-hydrogen) atoms. The molecule has 4 saturated heterocycles. The van der Waals surface area contributed by atoms with Crippen molar-refractivity contribution < 1.29 is 42.6 Å². The summed E-state index contributed by atoms with van der Waals surface area (Å²) in [7, 11) is 0. The molecular formula is C58H69F2N11O7S. The molecule has 18 nitrogen and oxygen atoms in total. The molecule has 6 aromatic rings. The highest BCUT2D eigenvalue weighted by atomic mass is 32.1. The first-order chi connectivity index (χ1) is 38.1. The molecule has 5 aliphatic rings. The molecule has 8 heterocycles. The van der Waals surface area contributed by atoms with E-state index < -0.39 is 47.6 Å². The molecule has 2 unspecified atom stereocenters. The Kier molecular flexibility index (Phi) is 15.7. The summed E-state index contributed by atoms with van der Waals surface area (Å²) < 4.78 is 49.0. The van der Waals surface area contributed by atoms with Crippen LogP contribution in [0.3, 0.4) is 0 Å². The van der Waals surface area contributed by atoms with Gasteiger partial charge in [0.25, 0.3) is 5.88 Å². The number of ether oxygens (including phenoxy) is 2. The Bertz CT molecular complexity index is 3130. The van der Waals surface area contributed by atoms with Crippen LogP contribution in [-0.2, 0) is 9.59 Å². The molecular weight excluding hydrogens is 1030 g/mol. The monoisotopic (exact) mass is 1100 g/mol. The fraction of sp³-hybridized carbons (Fsp3) is 0.500. The summed E-state index contributed by atoms with van der Waals surface area (Å²) in [6.07, 6.45) is 8.18. The van der Waals surface area contributed by atoms with Crippen molar-refractivity contribution in [1.82, 2.24) is 40.4 Å². The molecule has 0 spiro atoms. The maximum absolute atomic E-state index is 15.4. The third-order valence-electron chi connectivity index (χ3n) is 16.8. The van der Waals surface area contributed by atoms with E-state index in [0.29, 0.717) is 69.8 Å². The van der Waals surface area contributed by atoms with E-state index in [9.17, 15) is 19.8 Å². The smallest absolute Gasteiger partial charge is 0.254 e. The number of benzene rings is 2. The lowest BCUT2D eigenvalue weighted by molar-refractivity contribution is -0.141. The number of nitrogen functional groups attached to an aromatic ring is 1. The number of amides is 2. The lowest BCUT2D eigenvalue weighted by Gasteiger charge is -2.43. The van der Waals surface area contributed by atoms with Crippen LogP contribution in [0.1, 0.15) is 101 Å². The van der Waals surface area contributed by atoms with E-state index in [1.807, 2.05) is 38.2 Å². The van der Waals surface area contributed by atoms with Gasteiger partial charge in [0.05, 0.1) is 46.2 Å². The number of rotatable bonds is 18. The van der Waals surface area contributed by atoms with E-state index >= 15 is 8.78 Å². The minimum atomic E-state index is -1.07. The fourth-order valence-electron chi connectivity index (χ4n) is 12.6. The van der Waals surface area contributed by atoms with Crippen molar-refractivity contribution >= 4 is 40.3 Å². The number of phenolic OH excluding ortho intramolecular Hbond substituents is 1. The number of aromatic hydroxyl groups is 1. The first kappa shape index (κ1) is 54.0. The molecule has 5 fully saturated rings. The van der Waals surface area contributed by atoms with Crippen LogP contribution in [0.25, 0.3) is 21.7 Å². The Balaban J connectivity index is 0.607. The number of pyridine rings is 1. The van der Waals surface area contributed by atoms with E-state index in [1.54, 1.807) is 37.6 Å². The third kappa shape index (κ3) is 11.4. The average Bonchev–Trinajstić information content (AvgIpc) is 4.23. The standard InChI is InChI=1S/C58H69F2N11O7S/c1-32(2)52(58(75)70-30-40(72)24-47(70)57(74)64-33(3)42-11-12-44(54(60)53(42)59)55-34(4)63-31-79-55)49-26-51(67-78-49)76-20-16-35-14-18-68(19-15-35)27-36-21-41(22-36)77-50-23-37(13-17-62-50)71-38-9-10-39(71)29-69(28-38)46-25-45(65-66-56(46)61)43-7-5-6-8-48(43)73/h5-8,11-13,17,23,25-26,31-33,35-36,38-41,47,52,72-73H,9-10,14-16,18-22,24,27-30H2,1-4H3,(H2,61,66)(H,64,74)/t33-,36?,38?,39?,40+,41?,47-,52-/m0/s1. The first-order valence-electron chi connectivity index (χ1n) is 27.7.